The van der Waals surface area contributed by atoms with E-state index in [2.05, 4.69) is 10.6 Å². The summed E-state index contributed by atoms with van der Waals surface area (Å²) in [6.07, 6.45) is 0.449. The number of halogens is 1. The van der Waals surface area contributed by atoms with Crippen molar-refractivity contribution in [2.24, 2.45) is 5.92 Å². The quantitative estimate of drug-likeness (QED) is 0.670. The summed E-state index contributed by atoms with van der Waals surface area (Å²) in [5.41, 5.74) is 2.02. The van der Waals surface area contributed by atoms with Gasteiger partial charge in [0.1, 0.15) is 5.92 Å². The second-order valence-electron chi connectivity index (χ2n) is 7.80. The summed E-state index contributed by atoms with van der Waals surface area (Å²) in [6.45, 7) is 1.71. The molecule has 0 bridgehead atoms. The lowest BCUT2D eigenvalue weighted by Gasteiger charge is -2.26. The summed E-state index contributed by atoms with van der Waals surface area (Å²) in [5, 5.41) is 6.09. The Bertz CT molecular complexity index is 1040. The SMILES string of the molecule is O=C1CN(C(=O)c2ccc(CNC(=O)C3CCN(c4ccc(Cl)cc4)C3=O)cc2)CCN1. The van der Waals surface area contributed by atoms with E-state index >= 15 is 0 Å². The molecule has 8 nitrogen and oxygen atoms in total. The molecule has 2 saturated heterocycles. The molecule has 1 unspecified atom stereocenters. The van der Waals surface area contributed by atoms with E-state index < -0.39 is 5.92 Å². The molecule has 2 aliphatic heterocycles. The van der Waals surface area contributed by atoms with Gasteiger partial charge in [-0.1, -0.05) is 23.7 Å². The number of carbonyl (C=O) groups is 4. The van der Waals surface area contributed by atoms with E-state index in [-0.39, 0.29) is 36.7 Å². The number of rotatable bonds is 5. The third-order valence-corrected chi connectivity index (χ3v) is 5.91. The Kier molecular flexibility index (Phi) is 6.41. The molecule has 166 valence electrons. The molecular weight excluding hydrogens is 432 g/mol. The molecule has 0 saturated carbocycles. The van der Waals surface area contributed by atoms with Crippen LogP contribution in [-0.2, 0) is 20.9 Å². The molecule has 0 aliphatic carbocycles. The van der Waals surface area contributed by atoms with E-state index in [4.69, 9.17) is 11.6 Å². The third-order valence-electron chi connectivity index (χ3n) is 5.65. The van der Waals surface area contributed by atoms with Crippen molar-refractivity contribution in [3.63, 3.8) is 0 Å². The minimum atomic E-state index is -0.725. The summed E-state index contributed by atoms with van der Waals surface area (Å²) in [4.78, 5) is 52.4. The second-order valence-corrected chi connectivity index (χ2v) is 8.24. The molecule has 0 aromatic heterocycles. The van der Waals surface area contributed by atoms with Gasteiger partial charge in [0.15, 0.2) is 0 Å². The summed E-state index contributed by atoms with van der Waals surface area (Å²) in [6, 6.07) is 13.8. The van der Waals surface area contributed by atoms with Crippen LogP contribution in [0.25, 0.3) is 0 Å². The zero-order valence-corrected chi connectivity index (χ0v) is 18.1. The summed E-state index contributed by atoms with van der Waals surface area (Å²) >= 11 is 5.90. The van der Waals surface area contributed by atoms with Crippen molar-refractivity contribution in [2.75, 3.05) is 31.1 Å². The van der Waals surface area contributed by atoms with Crippen LogP contribution in [-0.4, -0.2) is 54.7 Å². The van der Waals surface area contributed by atoms with E-state index in [1.54, 1.807) is 53.4 Å². The zero-order valence-electron chi connectivity index (χ0n) is 17.3. The molecule has 0 spiro atoms. The van der Waals surface area contributed by atoms with Crippen molar-refractivity contribution in [3.05, 3.63) is 64.7 Å². The molecule has 4 amide bonds. The van der Waals surface area contributed by atoms with Crippen LogP contribution in [0.4, 0.5) is 5.69 Å². The van der Waals surface area contributed by atoms with Gasteiger partial charge in [-0.05, 0) is 48.4 Å². The average Bonchev–Trinajstić information content (AvgIpc) is 3.19. The number of hydrogen-bond donors (Lipinski definition) is 2. The van der Waals surface area contributed by atoms with Gasteiger partial charge < -0.3 is 20.4 Å². The first-order chi connectivity index (χ1) is 15.4. The van der Waals surface area contributed by atoms with E-state index in [1.807, 2.05) is 0 Å². The van der Waals surface area contributed by atoms with Crippen molar-refractivity contribution in [1.29, 1.82) is 0 Å². The average molecular weight is 455 g/mol. The van der Waals surface area contributed by atoms with Gasteiger partial charge in [0.2, 0.25) is 17.7 Å². The smallest absolute Gasteiger partial charge is 0.254 e. The van der Waals surface area contributed by atoms with Crippen LogP contribution in [0.2, 0.25) is 5.02 Å². The summed E-state index contributed by atoms with van der Waals surface area (Å²) < 4.78 is 0. The van der Waals surface area contributed by atoms with Gasteiger partial charge in [-0.15, -0.1) is 0 Å². The fourth-order valence-corrected chi connectivity index (χ4v) is 4.00. The Morgan fingerprint density at radius 3 is 2.44 bits per heavy atom. The van der Waals surface area contributed by atoms with Crippen molar-refractivity contribution in [2.45, 2.75) is 13.0 Å². The van der Waals surface area contributed by atoms with Crippen molar-refractivity contribution >= 4 is 40.9 Å². The zero-order chi connectivity index (χ0) is 22.7. The lowest BCUT2D eigenvalue weighted by Crippen LogP contribution is -2.49. The fourth-order valence-electron chi connectivity index (χ4n) is 3.87. The number of benzene rings is 2. The molecule has 2 heterocycles. The second kappa shape index (κ2) is 9.40. The van der Waals surface area contributed by atoms with Crippen LogP contribution >= 0.6 is 11.6 Å². The molecule has 2 aliphatic rings. The van der Waals surface area contributed by atoms with Crippen LogP contribution in [0.1, 0.15) is 22.3 Å². The molecule has 2 aromatic rings. The molecule has 2 aromatic carbocycles. The first kappa shape index (κ1) is 21.8. The van der Waals surface area contributed by atoms with Crippen LogP contribution < -0.4 is 15.5 Å². The number of hydrogen-bond acceptors (Lipinski definition) is 4. The first-order valence-electron chi connectivity index (χ1n) is 10.4. The molecule has 2 fully saturated rings. The number of nitrogens with one attached hydrogen (secondary N) is 2. The van der Waals surface area contributed by atoms with E-state index in [1.165, 1.54) is 4.90 Å². The van der Waals surface area contributed by atoms with Crippen LogP contribution in [0.5, 0.6) is 0 Å². The molecule has 2 N–H and O–H groups in total. The summed E-state index contributed by atoms with van der Waals surface area (Å²) in [5.74, 6) is -1.63. The highest BCUT2D eigenvalue weighted by Gasteiger charge is 2.37. The van der Waals surface area contributed by atoms with Gasteiger partial charge in [-0.3, -0.25) is 19.2 Å². The van der Waals surface area contributed by atoms with Gasteiger partial charge in [0.05, 0.1) is 6.54 Å². The van der Waals surface area contributed by atoms with Crippen molar-refractivity contribution in [1.82, 2.24) is 15.5 Å². The standard InChI is InChI=1S/C23H23ClN4O4/c24-17-5-7-18(8-6-17)28-11-9-19(23(28)32)21(30)26-13-15-1-3-16(4-2-15)22(31)27-12-10-25-20(29)14-27/h1-8,19H,9-14H2,(H,25,29)(H,26,30). The van der Waals surface area contributed by atoms with E-state index in [0.29, 0.717) is 36.6 Å². The lowest BCUT2D eigenvalue weighted by atomic mass is 10.1. The number of anilines is 1. The molecule has 32 heavy (non-hydrogen) atoms. The van der Waals surface area contributed by atoms with Gasteiger partial charge >= 0.3 is 0 Å². The fraction of sp³-hybridized carbons (Fsp3) is 0.304. The predicted molar refractivity (Wildman–Crippen MR) is 119 cm³/mol. The first-order valence-corrected chi connectivity index (χ1v) is 10.8. The maximum absolute atomic E-state index is 12.7. The van der Waals surface area contributed by atoms with Crippen molar-refractivity contribution < 1.29 is 19.2 Å². The monoisotopic (exact) mass is 454 g/mol. The van der Waals surface area contributed by atoms with Gasteiger partial charge in [-0.2, -0.15) is 0 Å². The highest BCUT2D eigenvalue weighted by atomic mass is 35.5. The number of piperazine rings is 1. The summed E-state index contributed by atoms with van der Waals surface area (Å²) in [7, 11) is 0. The molecule has 0 radical (unpaired) electrons. The van der Waals surface area contributed by atoms with E-state index in [0.717, 1.165) is 11.3 Å². The number of nitrogens with zero attached hydrogens (tertiary/aromatic N) is 2. The third kappa shape index (κ3) is 4.75. The van der Waals surface area contributed by atoms with E-state index in [9.17, 15) is 19.2 Å². The highest BCUT2D eigenvalue weighted by Crippen LogP contribution is 2.26. The molecular formula is C23H23ClN4O4. The van der Waals surface area contributed by atoms with Gasteiger partial charge in [0, 0.05) is 42.5 Å². The maximum atomic E-state index is 12.7. The molecule has 4 rings (SSSR count). The maximum Gasteiger partial charge on any atom is 0.254 e. The molecule has 9 heteroatoms. The van der Waals surface area contributed by atoms with Gasteiger partial charge in [0.25, 0.3) is 5.91 Å². The minimum absolute atomic E-state index is 0.0547. The number of amides is 4. The Morgan fingerprint density at radius 2 is 1.75 bits per heavy atom. The van der Waals surface area contributed by atoms with Crippen LogP contribution in [0.15, 0.2) is 48.5 Å². The normalized spacial score (nSPS) is 18.5. The van der Waals surface area contributed by atoms with Crippen LogP contribution in [0, 0.1) is 5.92 Å². The molecule has 1 atom stereocenters. The van der Waals surface area contributed by atoms with Crippen molar-refractivity contribution in [3.8, 4) is 0 Å². The van der Waals surface area contributed by atoms with Crippen LogP contribution in [0.3, 0.4) is 0 Å². The predicted octanol–water partition coefficient (Wildman–Crippen LogP) is 1.58. The Morgan fingerprint density at radius 1 is 1.03 bits per heavy atom. The highest BCUT2D eigenvalue weighted by molar-refractivity contribution is 6.30. The van der Waals surface area contributed by atoms with Gasteiger partial charge in [-0.25, -0.2) is 0 Å². The topological polar surface area (TPSA) is 98.8 Å². The number of carbonyl (C=O) groups excluding carboxylic acids is 4. The largest absolute Gasteiger partial charge is 0.353 e. The Labute approximate surface area is 190 Å². The Hall–Kier alpha value is -3.39. The lowest BCUT2D eigenvalue weighted by molar-refractivity contribution is -0.132. The minimum Gasteiger partial charge on any atom is -0.353 e. The Balaban J connectivity index is 1.31.